The minimum atomic E-state index is -1.27. The van der Waals surface area contributed by atoms with E-state index in [1.165, 1.54) is 5.57 Å². The highest BCUT2D eigenvalue weighted by atomic mass is 32.2. The Bertz CT molecular complexity index is 844. The van der Waals surface area contributed by atoms with Gasteiger partial charge in [-0.05, 0) is 42.7 Å². The zero-order chi connectivity index (χ0) is 17.9. The maximum Gasteiger partial charge on any atom is 0.202 e. The van der Waals surface area contributed by atoms with Crippen molar-refractivity contribution < 1.29 is 8.95 Å². The van der Waals surface area contributed by atoms with Gasteiger partial charge in [-0.3, -0.25) is 8.78 Å². The maximum atomic E-state index is 13.3. The Morgan fingerprint density at radius 2 is 2.20 bits per heavy atom. The predicted octanol–water partition coefficient (Wildman–Crippen LogP) is 3.26. The summed E-state index contributed by atoms with van der Waals surface area (Å²) in [5.74, 6) is 1.38. The fourth-order valence-electron chi connectivity index (χ4n) is 2.95. The molecule has 2 unspecified atom stereocenters. The van der Waals surface area contributed by atoms with Gasteiger partial charge in [0.2, 0.25) is 5.16 Å². The van der Waals surface area contributed by atoms with Gasteiger partial charge >= 0.3 is 0 Å². The molecule has 1 aromatic heterocycles. The van der Waals surface area contributed by atoms with E-state index in [4.69, 9.17) is 4.74 Å². The lowest BCUT2D eigenvalue weighted by Gasteiger charge is -2.35. The molecule has 1 aliphatic rings. The second-order valence-corrected chi connectivity index (χ2v) is 8.74. The standard InChI is InChI=1S/C18H23N3O2S2/c1-4-24-18(14(2)8-7-11-19-18)12-25(22)17-20-15-9-5-6-10-16(15)21(17)13-23-3/h5-11,19H,4,12-13H2,1-3H3. The predicted molar refractivity (Wildman–Crippen MR) is 105 cm³/mol. The Kier molecular flexibility index (Phi) is 5.66. The van der Waals surface area contributed by atoms with Crippen LogP contribution in [-0.2, 0) is 22.3 Å². The topological polar surface area (TPSA) is 56.2 Å². The van der Waals surface area contributed by atoms with Crippen LogP contribution in [0.3, 0.4) is 0 Å². The van der Waals surface area contributed by atoms with Gasteiger partial charge in [-0.1, -0.05) is 25.1 Å². The smallest absolute Gasteiger partial charge is 0.202 e. The Labute approximate surface area is 155 Å². The van der Waals surface area contributed by atoms with Gasteiger partial charge in [-0.25, -0.2) is 4.98 Å². The van der Waals surface area contributed by atoms with E-state index in [9.17, 15) is 4.21 Å². The number of methoxy groups -OCH3 is 1. The molecule has 1 aromatic carbocycles. The van der Waals surface area contributed by atoms with Crippen molar-refractivity contribution in [1.82, 2.24) is 14.9 Å². The number of nitrogens with one attached hydrogen (secondary N) is 1. The summed E-state index contributed by atoms with van der Waals surface area (Å²) in [5.41, 5.74) is 2.95. The molecule has 1 N–H and O–H groups in total. The summed E-state index contributed by atoms with van der Waals surface area (Å²) in [6, 6.07) is 7.81. The molecule has 1 aliphatic heterocycles. The first kappa shape index (κ1) is 18.2. The molecule has 0 amide bonds. The number of para-hydroxylation sites is 2. The van der Waals surface area contributed by atoms with Crippen LogP contribution in [0.5, 0.6) is 0 Å². The van der Waals surface area contributed by atoms with Crippen LogP contribution in [-0.4, -0.2) is 37.2 Å². The summed E-state index contributed by atoms with van der Waals surface area (Å²) >= 11 is 1.76. The second-order valence-electron chi connectivity index (χ2n) is 5.83. The molecule has 2 heterocycles. The van der Waals surface area contributed by atoms with Crippen molar-refractivity contribution in [2.45, 2.75) is 30.6 Å². The molecule has 3 rings (SSSR count). The molecule has 25 heavy (non-hydrogen) atoms. The number of nitrogens with zero attached hydrogens (tertiary/aromatic N) is 2. The van der Waals surface area contributed by atoms with Gasteiger partial charge in [0.25, 0.3) is 0 Å². The largest absolute Gasteiger partial charge is 0.373 e. The second kappa shape index (κ2) is 7.76. The molecule has 0 saturated heterocycles. The Hall–Kier alpha value is -1.57. The van der Waals surface area contributed by atoms with Crippen molar-refractivity contribution in [3.8, 4) is 0 Å². The molecule has 2 aromatic rings. The molecule has 2 atom stereocenters. The van der Waals surface area contributed by atoms with E-state index in [1.807, 2.05) is 41.1 Å². The van der Waals surface area contributed by atoms with E-state index < -0.39 is 10.8 Å². The van der Waals surface area contributed by atoms with Crippen LogP contribution in [0.1, 0.15) is 13.8 Å². The molecule has 5 nitrogen and oxygen atoms in total. The van der Waals surface area contributed by atoms with E-state index in [0.717, 1.165) is 16.8 Å². The fraction of sp³-hybridized carbons (Fsp3) is 0.389. The number of thioether (sulfide) groups is 1. The lowest BCUT2D eigenvalue weighted by Crippen LogP contribution is -2.46. The molecule has 0 saturated carbocycles. The molecule has 7 heteroatoms. The van der Waals surface area contributed by atoms with E-state index >= 15 is 0 Å². The van der Waals surface area contributed by atoms with Gasteiger partial charge < -0.3 is 10.1 Å². The number of rotatable bonds is 7. The van der Waals surface area contributed by atoms with Crippen LogP contribution in [0.2, 0.25) is 0 Å². The van der Waals surface area contributed by atoms with Gasteiger partial charge in [-0.15, -0.1) is 11.8 Å². The average Bonchev–Trinajstić information content (AvgIpc) is 2.97. The van der Waals surface area contributed by atoms with Crippen LogP contribution >= 0.6 is 11.8 Å². The number of imidazole rings is 1. The third-order valence-corrected chi connectivity index (χ3v) is 7.16. The lowest BCUT2D eigenvalue weighted by molar-refractivity contribution is 0.127. The number of aromatic nitrogens is 2. The quantitative estimate of drug-likeness (QED) is 0.803. The first-order valence-electron chi connectivity index (χ1n) is 8.19. The fourth-order valence-corrected chi connectivity index (χ4v) is 5.95. The average molecular weight is 378 g/mol. The van der Waals surface area contributed by atoms with Gasteiger partial charge in [0.15, 0.2) is 0 Å². The summed E-state index contributed by atoms with van der Waals surface area (Å²) in [6.45, 7) is 4.52. The number of benzene rings is 1. The lowest BCUT2D eigenvalue weighted by atomic mass is 10.1. The SMILES string of the molecule is CCSC1(CS(=O)c2nc3ccccc3n2COC)NC=CC=C1C. The van der Waals surface area contributed by atoms with Crippen molar-refractivity contribution in [3.63, 3.8) is 0 Å². The Morgan fingerprint density at radius 3 is 2.92 bits per heavy atom. The van der Waals surface area contributed by atoms with Crippen LogP contribution < -0.4 is 5.32 Å². The van der Waals surface area contributed by atoms with Gasteiger partial charge in [0.05, 0.1) is 27.6 Å². The molecule has 0 fully saturated rings. The third-order valence-electron chi connectivity index (χ3n) is 4.20. The zero-order valence-corrected chi connectivity index (χ0v) is 16.3. The van der Waals surface area contributed by atoms with E-state index in [0.29, 0.717) is 17.6 Å². The van der Waals surface area contributed by atoms with Crippen molar-refractivity contribution in [2.75, 3.05) is 18.6 Å². The van der Waals surface area contributed by atoms with E-state index in [1.54, 1.807) is 18.9 Å². The minimum absolute atomic E-state index is 0.331. The molecule has 0 spiro atoms. The van der Waals surface area contributed by atoms with Crippen LogP contribution in [0.25, 0.3) is 11.0 Å². The molecule has 0 radical (unpaired) electrons. The van der Waals surface area contributed by atoms with Crippen LogP contribution in [0.15, 0.2) is 53.3 Å². The highest BCUT2D eigenvalue weighted by Crippen LogP contribution is 2.34. The first-order valence-corrected chi connectivity index (χ1v) is 10.5. The van der Waals surface area contributed by atoms with Gasteiger partial charge in [0.1, 0.15) is 11.6 Å². The molecule has 134 valence electrons. The number of hydrogen-bond donors (Lipinski definition) is 1. The molecular formula is C18H23N3O2S2. The first-order chi connectivity index (χ1) is 12.1. The van der Waals surface area contributed by atoms with Crippen LogP contribution in [0.4, 0.5) is 0 Å². The van der Waals surface area contributed by atoms with E-state index in [-0.39, 0.29) is 4.87 Å². The highest BCUT2D eigenvalue weighted by Gasteiger charge is 2.36. The summed E-state index contributed by atoms with van der Waals surface area (Å²) in [4.78, 5) is 4.25. The summed E-state index contributed by atoms with van der Waals surface area (Å²) in [6.07, 6.45) is 5.98. The zero-order valence-electron chi connectivity index (χ0n) is 14.7. The number of hydrogen-bond acceptors (Lipinski definition) is 5. The summed E-state index contributed by atoms with van der Waals surface area (Å²) in [7, 11) is 0.361. The van der Waals surface area contributed by atoms with Crippen molar-refractivity contribution >= 4 is 33.6 Å². The van der Waals surface area contributed by atoms with Crippen LogP contribution in [0, 0.1) is 0 Å². The summed E-state index contributed by atoms with van der Waals surface area (Å²) < 4.78 is 20.5. The normalized spacial score (nSPS) is 21.2. The van der Waals surface area contributed by atoms with E-state index in [2.05, 4.69) is 30.2 Å². The van der Waals surface area contributed by atoms with Gasteiger partial charge in [-0.2, -0.15) is 0 Å². The molecule has 0 bridgehead atoms. The third kappa shape index (κ3) is 3.54. The Morgan fingerprint density at radius 1 is 1.40 bits per heavy atom. The molecule has 0 aliphatic carbocycles. The number of allylic oxidation sites excluding steroid dienone is 2. The monoisotopic (exact) mass is 377 g/mol. The minimum Gasteiger partial charge on any atom is -0.373 e. The van der Waals surface area contributed by atoms with Crippen molar-refractivity contribution in [2.24, 2.45) is 0 Å². The highest BCUT2D eigenvalue weighted by molar-refractivity contribution is 8.01. The number of dihydropyridines is 1. The Balaban J connectivity index is 1.97. The van der Waals surface area contributed by atoms with Gasteiger partial charge in [0, 0.05) is 7.11 Å². The summed E-state index contributed by atoms with van der Waals surface area (Å²) in [5, 5.41) is 3.98. The van der Waals surface area contributed by atoms with Crippen molar-refractivity contribution in [1.29, 1.82) is 0 Å². The number of ether oxygens (including phenoxy) is 1. The maximum absolute atomic E-state index is 13.3. The number of fused-ring (bicyclic) bond motifs is 1. The van der Waals surface area contributed by atoms with Crippen molar-refractivity contribution in [3.05, 3.63) is 48.2 Å². The molecular weight excluding hydrogens is 354 g/mol.